The number of hydrogen-bond donors (Lipinski definition) is 3. The molecular formula is C23H22BrN3O3. The number of phenolic OH excluding ortho intramolecular Hbond substituents is 1. The third kappa shape index (κ3) is 4.23. The van der Waals surface area contributed by atoms with Gasteiger partial charge in [0.1, 0.15) is 5.75 Å². The van der Waals surface area contributed by atoms with Crippen molar-refractivity contribution >= 4 is 21.8 Å². The van der Waals surface area contributed by atoms with Gasteiger partial charge in [0, 0.05) is 35.7 Å². The number of hydroxylamine groups is 1. The maximum absolute atomic E-state index is 13.3. The van der Waals surface area contributed by atoms with E-state index in [1.54, 1.807) is 41.6 Å². The second kappa shape index (κ2) is 8.95. The Morgan fingerprint density at radius 3 is 2.57 bits per heavy atom. The fourth-order valence-corrected chi connectivity index (χ4v) is 4.57. The minimum absolute atomic E-state index is 0.00611. The van der Waals surface area contributed by atoms with Crippen molar-refractivity contribution in [1.82, 2.24) is 15.4 Å². The van der Waals surface area contributed by atoms with E-state index in [1.165, 1.54) is 0 Å². The topological polar surface area (TPSA) is 85.7 Å². The average molecular weight is 468 g/mol. The van der Waals surface area contributed by atoms with Crippen molar-refractivity contribution in [1.29, 1.82) is 0 Å². The largest absolute Gasteiger partial charge is 0.508 e. The number of carbonyl (C=O) groups excluding carboxylic acids is 1. The summed E-state index contributed by atoms with van der Waals surface area (Å²) in [5.74, 6) is -0.0749. The molecule has 1 aromatic heterocycles. The Morgan fingerprint density at radius 1 is 1.10 bits per heavy atom. The highest BCUT2D eigenvalue weighted by Gasteiger charge is 2.43. The van der Waals surface area contributed by atoms with Gasteiger partial charge in [-0.3, -0.25) is 9.78 Å². The first kappa shape index (κ1) is 20.5. The van der Waals surface area contributed by atoms with Crippen LogP contribution in [0.3, 0.4) is 0 Å². The van der Waals surface area contributed by atoms with Crippen molar-refractivity contribution in [3.05, 3.63) is 94.2 Å². The summed E-state index contributed by atoms with van der Waals surface area (Å²) < 4.78 is 0.920. The summed E-state index contributed by atoms with van der Waals surface area (Å²) in [5, 5.41) is 19.9. The van der Waals surface area contributed by atoms with Crippen molar-refractivity contribution in [3.8, 4) is 5.75 Å². The molecule has 1 saturated heterocycles. The first-order chi connectivity index (χ1) is 14.6. The summed E-state index contributed by atoms with van der Waals surface area (Å²) in [6.45, 7) is 0.377. The number of aromatic nitrogens is 1. The number of amides is 1. The van der Waals surface area contributed by atoms with E-state index in [4.69, 9.17) is 0 Å². The predicted molar refractivity (Wildman–Crippen MR) is 116 cm³/mol. The minimum atomic E-state index is -0.432. The fraction of sp³-hybridized carbons (Fsp3) is 0.217. The summed E-state index contributed by atoms with van der Waals surface area (Å²) in [6, 6.07) is 17.5. The number of nitrogens with zero attached hydrogens (tertiary/aromatic N) is 2. The van der Waals surface area contributed by atoms with Crippen LogP contribution >= 0.6 is 15.9 Å². The summed E-state index contributed by atoms with van der Waals surface area (Å²) >= 11 is 3.50. The van der Waals surface area contributed by atoms with Gasteiger partial charge in [-0.15, -0.1) is 0 Å². The number of benzene rings is 2. The number of carbonyl (C=O) groups is 1. The van der Waals surface area contributed by atoms with Gasteiger partial charge in [0.25, 0.3) is 0 Å². The highest BCUT2D eigenvalue weighted by molar-refractivity contribution is 9.10. The Bertz CT molecular complexity index is 1010. The van der Waals surface area contributed by atoms with Gasteiger partial charge < -0.3 is 15.2 Å². The van der Waals surface area contributed by atoms with Crippen molar-refractivity contribution < 1.29 is 15.1 Å². The van der Waals surface area contributed by atoms with Crippen LogP contribution < -0.4 is 5.48 Å². The molecule has 0 unspecified atom stereocenters. The van der Waals surface area contributed by atoms with E-state index >= 15 is 0 Å². The van der Waals surface area contributed by atoms with Crippen LogP contribution in [0.1, 0.15) is 35.1 Å². The van der Waals surface area contributed by atoms with E-state index in [-0.39, 0.29) is 24.0 Å². The lowest BCUT2D eigenvalue weighted by Gasteiger charge is -2.45. The first-order valence-corrected chi connectivity index (χ1v) is 10.5. The second-order valence-corrected chi connectivity index (χ2v) is 8.36. The molecule has 2 heterocycles. The third-order valence-electron chi connectivity index (χ3n) is 5.56. The van der Waals surface area contributed by atoms with E-state index in [1.807, 2.05) is 36.4 Å². The molecule has 1 aliphatic heterocycles. The van der Waals surface area contributed by atoms with Crippen molar-refractivity contribution in [2.45, 2.75) is 31.0 Å². The SMILES string of the molecule is O=C1C[C@@H](c2cccc(Br)c2)[C@H](NO)[C@@H](c2ccc(O)cc2)N1Cc1cccnc1. The molecule has 0 radical (unpaired) electrons. The number of halogens is 1. The predicted octanol–water partition coefficient (Wildman–Crippen LogP) is 4.15. The van der Waals surface area contributed by atoms with Crippen molar-refractivity contribution in [2.75, 3.05) is 0 Å². The molecule has 0 aliphatic carbocycles. The zero-order valence-electron chi connectivity index (χ0n) is 16.1. The monoisotopic (exact) mass is 467 g/mol. The van der Waals surface area contributed by atoms with Crippen LogP contribution in [0.25, 0.3) is 0 Å². The highest BCUT2D eigenvalue weighted by atomic mass is 79.9. The number of pyridine rings is 1. The zero-order valence-corrected chi connectivity index (χ0v) is 17.7. The normalized spacial score (nSPS) is 21.6. The average Bonchev–Trinajstić information content (AvgIpc) is 2.76. The number of piperidine rings is 1. The van der Waals surface area contributed by atoms with Crippen molar-refractivity contribution in [3.63, 3.8) is 0 Å². The minimum Gasteiger partial charge on any atom is -0.508 e. The zero-order chi connectivity index (χ0) is 21.1. The van der Waals surface area contributed by atoms with Gasteiger partial charge in [0.2, 0.25) is 5.91 Å². The molecule has 4 rings (SSSR count). The van der Waals surface area contributed by atoms with Gasteiger partial charge in [-0.25, -0.2) is 0 Å². The van der Waals surface area contributed by atoms with Crippen LogP contribution in [0, 0.1) is 0 Å². The molecule has 154 valence electrons. The van der Waals surface area contributed by atoms with Crippen molar-refractivity contribution in [2.24, 2.45) is 0 Å². The molecular weight excluding hydrogens is 446 g/mol. The van der Waals surface area contributed by atoms with Gasteiger partial charge in [0.05, 0.1) is 12.1 Å². The summed E-state index contributed by atoms with van der Waals surface area (Å²) in [7, 11) is 0. The smallest absolute Gasteiger partial charge is 0.224 e. The molecule has 2 aromatic carbocycles. The van der Waals surface area contributed by atoms with Gasteiger partial charge in [0.15, 0.2) is 0 Å². The van der Waals surface area contributed by atoms with Crippen LogP contribution in [0.5, 0.6) is 5.75 Å². The molecule has 7 heteroatoms. The Balaban J connectivity index is 1.77. The maximum Gasteiger partial charge on any atom is 0.224 e. The number of aromatic hydroxyl groups is 1. The molecule has 1 amide bonds. The van der Waals surface area contributed by atoms with Gasteiger partial charge in [-0.1, -0.05) is 46.3 Å². The number of rotatable bonds is 5. The third-order valence-corrected chi connectivity index (χ3v) is 6.05. The van der Waals surface area contributed by atoms with Gasteiger partial charge in [-0.2, -0.15) is 5.48 Å². The summed E-state index contributed by atoms with van der Waals surface area (Å²) in [5.41, 5.74) is 5.19. The molecule has 3 atom stereocenters. The first-order valence-electron chi connectivity index (χ1n) is 9.69. The van der Waals surface area contributed by atoms with Gasteiger partial charge in [-0.05, 0) is 47.0 Å². The van der Waals surface area contributed by atoms with E-state index in [2.05, 4.69) is 26.4 Å². The van der Waals surface area contributed by atoms with Crippen LogP contribution in [0.2, 0.25) is 0 Å². The lowest BCUT2D eigenvalue weighted by molar-refractivity contribution is -0.141. The summed E-state index contributed by atoms with van der Waals surface area (Å²) in [6.07, 6.45) is 3.70. The molecule has 0 saturated carbocycles. The highest BCUT2D eigenvalue weighted by Crippen LogP contribution is 2.41. The van der Waals surface area contributed by atoms with E-state index in [9.17, 15) is 15.1 Å². The molecule has 3 N–H and O–H groups in total. The summed E-state index contributed by atoms with van der Waals surface area (Å²) in [4.78, 5) is 19.2. The fourth-order valence-electron chi connectivity index (χ4n) is 4.16. The Hall–Kier alpha value is -2.74. The number of phenols is 1. The standard InChI is InChI=1S/C23H22BrN3O3/c24-18-5-1-4-17(11-18)20-12-21(29)27(14-15-3-2-10-25-13-15)23(22(20)26-30)16-6-8-19(28)9-7-16/h1-11,13,20,22-23,26,28,30H,12,14H2/t20-,22-,23+/m0/s1. The molecule has 0 bridgehead atoms. The van der Waals surface area contributed by atoms with Crippen LogP contribution in [0.4, 0.5) is 0 Å². The van der Waals surface area contributed by atoms with Crippen LogP contribution in [-0.4, -0.2) is 32.1 Å². The molecule has 1 fully saturated rings. The van der Waals surface area contributed by atoms with E-state index in [0.717, 1.165) is 21.2 Å². The Morgan fingerprint density at radius 2 is 1.90 bits per heavy atom. The van der Waals surface area contributed by atoms with Gasteiger partial charge >= 0.3 is 0 Å². The Kier molecular flexibility index (Phi) is 6.13. The van der Waals surface area contributed by atoms with E-state index < -0.39 is 12.1 Å². The second-order valence-electron chi connectivity index (χ2n) is 7.44. The molecule has 0 spiro atoms. The molecule has 30 heavy (non-hydrogen) atoms. The number of nitrogens with one attached hydrogen (secondary N) is 1. The maximum atomic E-state index is 13.3. The lowest BCUT2D eigenvalue weighted by Crippen LogP contribution is -2.53. The molecule has 6 nitrogen and oxygen atoms in total. The molecule has 1 aliphatic rings. The van der Waals surface area contributed by atoms with E-state index in [0.29, 0.717) is 6.54 Å². The Labute approximate surface area is 183 Å². The lowest BCUT2D eigenvalue weighted by atomic mass is 9.78. The van der Waals surface area contributed by atoms with Crippen LogP contribution in [-0.2, 0) is 11.3 Å². The number of hydrogen-bond acceptors (Lipinski definition) is 5. The molecule has 3 aromatic rings. The van der Waals surface area contributed by atoms with Crippen LogP contribution in [0.15, 0.2) is 77.5 Å². The number of likely N-dealkylation sites (tertiary alicyclic amines) is 1. The quantitative estimate of drug-likeness (QED) is 0.490.